The quantitative estimate of drug-likeness (QED) is 0.240. The molecule has 0 radical (unpaired) electrons. The molecule has 6 aromatic carbocycles. The molecule has 0 aliphatic carbocycles. The van der Waals surface area contributed by atoms with Crippen molar-refractivity contribution in [2.45, 2.75) is 0 Å². The number of hydrogen-bond acceptors (Lipinski definition) is 1. The first-order valence-electron chi connectivity index (χ1n) is 10.3. The molecule has 6 rings (SSSR count). The standard InChI is InChI=1S/C29H18O2/c30-29(31)25-12-6-5-11-23(25)28-24-16-15-18-7-1-3-9-21(18)26(24)17-20-14-13-19-8-2-4-10-22(19)27(20)28/h1-17H,(H,30,31). The molecule has 1 N–H and O–H groups in total. The van der Waals surface area contributed by atoms with Gasteiger partial charge in [-0.2, -0.15) is 0 Å². The van der Waals surface area contributed by atoms with Crippen molar-refractivity contribution < 1.29 is 9.90 Å². The van der Waals surface area contributed by atoms with Gasteiger partial charge in [-0.25, -0.2) is 4.79 Å². The number of fused-ring (bicyclic) bond motifs is 6. The van der Waals surface area contributed by atoms with Gasteiger partial charge in [0.15, 0.2) is 0 Å². The van der Waals surface area contributed by atoms with Gasteiger partial charge in [-0.1, -0.05) is 91.0 Å². The van der Waals surface area contributed by atoms with Crippen LogP contribution < -0.4 is 0 Å². The van der Waals surface area contributed by atoms with Crippen molar-refractivity contribution in [2.24, 2.45) is 0 Å². The molecule has 2 heteroatoms. The summed E-state index contributed by atoms with van der Waals surface area (Å²) in [6.07, 6.45) is 0. The van der Waals surface area contributed by atoms with Crippen molar-refractivity contribution in [3.63, 3.8) is 0 Å². The molecule has 0 aliphatic rings. The Morgan fingerprint density at radius 1 is 0.548 bits per heavy atom. The highest BCUT2D eigenvalue weighted by Crippen LogP contribution is 2.43. The number of carbonyl (C=O) groups is 1. The third-order valence-electron chi connectivity index (χ3n) is 6.18. The van der Waals surface area contributed by atoms with Crippen LogP contribution in [0.3, 0.4) is 0 Å². The Bertz CT molecular complexity index is 1660. The Balaban J connectivity index is 1.93. The van der Waals surface area contributed by atoms with E-state index >= 15 is 0 Å². The minimum atomic E-state index is -0.915. The van der Waals surface area contributed by atoms with Crippen LogP contribution in [-0.2, 0) is 0 Å². The van der Waals surface area contributed by atoms with Gasteiger partial charge in [0.1, 0.15) is 0 Å². The lowest BCUT2D eigenvalue weighted by Crippen LogP contribution is -2.00. The highest BCUT2D eigenvalue weighted by Gasteiger charge is 2.18. The molecular weight excluding hydrogens is 380 g/mol. The lowest BCUT2D eigenvalue weighted by molar-refractivity contribution is 0.0698. The number of benzene rings is 6. The summed E-state index contributed by atoms with van der Waals surface area (Å²) in [4.78, 5) is 12.1. The zero-order valence-electron chi connectivity index (χ0n) is 16.7. The molecular formula is C29H18O2. The second-order valence-electron chi connectivity index (χ2n) is 7.87. The van der Waals surface area contributed by atoms with Crippen molar-refractivity contribution in [2.75, 3.05) is 0 Å². The third-order valence-corrected chi connectivity index (χ3v) is 6.18. The topological polar surface area (TPSA) is 37.3 Å². The first-order valence-corrected chi connectivity index (χ1v) is 10.3. The minimum absolute atomic E-state index is 0.317. The number of rotatable bonds is 2. The monoisotopic (exact) mass is 398 g/mol. The lowest BCUT2D eigenvalue weighted by Gasteiger charge is -2.17. The van der Waals surface area contributed by atoms with Gasteiger partial charge in [0.25, 0.3) is 0 Å². The Morgan fingerprint density at radius 2 is 1.16 bits per heavy atom. The molecule has 0 saturated carbocycles. The fourth-order valence-corrected chi connectivity index (χ4v) is 4.81. The summed E-state index contributed by atoms with van der Waals surface area (Å²) in [7, 11) is 0. The normalized spacial score (nSPS) is 11.5. The van der Waals surface area contributed by atoms with Gasteiger partial charge in [-0.15, -0.1) is 0 Å². The Kier molecular flexibility index (Phi) is 3.81. The highest BCUT2D eigenvalue weighted by atomic mass is 16.4. The molecule has 0 spiro atoms. The molecule has 0 aromatic heterocycles. The SMILES string of the molecule is O=C(O)c1ccccc1-c1c2ccc3ccccc3c2cc2ccc3ccccc3c12. The number of aromatic carboxylic acids is 1. The zero-order chi connectivity index (χ0) is 20.9. The van der Waals surface area contributed by atoms with Crippen LogP contribution in [-0.4, -0.2) is 11.1 Å². The van der Waals surface area contributed by atoms with Gasteiger partial charge in [0.2, 0.25) is 0 Å². The second-order valence-corrected chi connectivity index (χ2v) is 7.87. The van der Waals surface area contributed by atoms with E-state index < -0.39 is 5.97 Å². The van der Waals surface area contributed by atoms with Crippen molar-refractivity contribution in [3.05, 3.63) is 109 Å². The van der Waals surface area contributed by atoms with Crippen LogP contribution in [0.25, 0.3) is 54.2 Å². The summed E-state index contributed by atoms with van der Waals surface area (Å²) in [5, 5.41) is 19.0. The Labute approximate surface area is 179 Å². The summed E-state index contributed by atoms with van der Waals surface area (Å²) in [5.41, 5.74) is 2.04. The summed E-state index contributed by atoms with van der Waals surface area (Å²) >= 11 is 0. The van der Waals surface area contributed by atoms with Gasteiger partial charge < -0.3 is 5.11 Å². The average molecular weight is 398 g/mol. The minimum Gasteiger partial charge on any atom is -0.478 e. The summed E-state index contributed by atoms with van der Waals surface area (Å²) in [5.74, 6) is -0.915. The summed E-state index contributed by atoms with van der Waals surface area (Å²) in [6.45, 7) is 0. The smallest absolute Gasteiger partial charge is 0.336 e. The number of carboxylic acid groups (broad SMARTS) is 1. The lowest BCUT2D eigenvalue weighted by atomic mass is 9.86. The van der Waals surface area contributed by atoms with Gasteiger partial charge >= 0.3 is 5.97 Å². The molecule has 0 heterocycles. The van der Waals surface area contributed by atoms with Crippen molar-refractivity contribution >= 4 is 49.1 Å². The van der Waals surface area contributed by atoms with Gasteiger partial charge in [-0.05, 0) is 66.3 Å². The molecule has 0 unspecified atom stereocenters. The molecule has 0 aliphatic heterocycles. The van der Waals surface area contributed by atoms with Gasteiger partial charge in [0.05, 0.1) is 5.56 Å². The van der Waals surface area contributed by atoms with E-state index in [1.807, 2.05) is 30.3 Å². The molecule has 0 fully saturated rings. The first-order chi connectivity index (χ1) is 15.2. The van der Waals surface area contributed by atoms with Crippen LogP contribution in [0.1, 0.15) is 10.4 Å². The fourth-order valence-electron chi connectivity index (χ4n) is 4.81. The van der Waals surface area contributed by atoms with Gasteiger partial charge in [-0.3, -0.25) is 0 Å². The molecule has 146 valence electrons. The van der Waals surface area contributed by atoms with Crippen LogP contribution in [0.5, 0.6) is 0 Å². The third kappa shape index (κ3) is 2.62. The van der Waals surface area contributed by atoms with Crippen LogP contribution in [0.4, 0.5) is 0 Å². The predicted octanol–water partition coefficient (Wildman–Crippen LogP) is 7.66. The van der Waals surface area contributed by atoms with Crippen molar-refractivity contribution in [3.8, 4) is 11.1 Å². The molecule has 0 saturated heterocycles. The summed E-state index contributed by atoms with van der Waals surface area (Å²) in [6, 6.07) is 34.8. The Hall–Kier alpha value is -4.17. The van der Waals surface area contributed by atoms with Gasteiger partial charge in [0, 0.05) is 0 Å². The first kappa shape index (κ1) is 17.7. The second kappa shape index (κ2) is 6.68. The molecule has 0 amide bonds. The maximum absolute atomic E-state index is 12.1. The van der Waals surface area contributed by atoms with E-state index in [2.05, 4.69) is 60.7 Å². The van der Waals surface area contributed by atoms with E-state index in [-0.39, 0.29) is 0 Å². The van der Waals surface area contributed by atoms with Crippen LogP contribution in [0.15, 0.2) is 103 Å². The molecule has 0 atom stereocenters. The van der Waals surface area contributed by atoms with Crippen LogP contribution in [0.2, 0.25) is 0 Å². The Morgan fingerprint density at radius 3 is 1.97 bits per heavy atom. The zero-order valence-corrected chi connectivity index (χ0v) is 16.7. The number of hydrogen-bond donors (Lipinski definition) is 1. The van der Waals surface area contributed by atoms with Crippen LogP contribution in [0, 0.1) is 0 Å². The molecule has 6 aromatic rings. The number of carboxylic acids is 1. The van der Waals surface area contributed by atoms with Crippen molar-refractivity contribution in [1.82, 2.24) is 0 Å². The molecule has 31 heavy (non-hydrogen) atoms. The van der Waals surface area contributed by atoms with Crippen molar-refractivity contribution in [1.29, 1.82) is 0 Å². The van der Waals surface area contributed by atoms with E-state index in [1.54, 1.807) is 12.1 Å². The maximum Gasteiger partial charge on any atom is 0.336 e. The molecule has 0 bridgehead atoms. The predicted molar refractivity (Wildman–Crippen MR) is 129 cm³/mol. The molecule has 2 nitrogen and oxygen atoms in total. The van der Waals surface area contributed by atoms with E-state index in [0.29, 0.717) is 5.56 Å². The van der Waals surface area contributed by atoms with E-state index in [9.17, 15) is 9.90 Å². The maximum atomic E-state index is 12.1. The van der Waals surface area contributed by atoms with E-state index in [1.165, 1.54) is 10.8 Å². The highest BCUT2D eigenvalue weighted by molar-refractivity contribution is 6.26. The average Bonchev–Trinajstić information content (AvgIpc) is 2.82. The largest absolute Gasteiger partial charge is 0.478 e. The van der Waals surface area contributed by atoms with E-state index in [4.69, 9.17) is 0 Å². The summed E-state index contributed by atoms with van der Waals surface area (Å²) < 4.78 is 0. The van der Waals surface area contributed by atoms with Crippen LogP contribution >= 0.6 is 0 Å². The van der Waals surface area contributed by atoms with E-state index in [0.717, 1.165) is 43.4 Å². The fraction of sp³-hybridized carbons (Fsp3) is 0.